The maximum atomic E-state index is 15.0. The molecule has 5 aliphatic rings. The molecule has 16 nitrogen and oxygen atoms in total. The molecule has 0 spiro atoms. The second kappa shape index (κ2) is 19.1. The number of likely N-dealkylation sites (N-methyl/N-ethyl adjacent to an activating group) is 1. The van der Waals surface area contributed by atoms with E-state index in [1.54, 1.807) is 109 Å². The summed E-state index contributed by atoms with van der Waals surface area (Å²) in [5.74, 6) is -4.88. The van der Waals surface area contributed by atoms with Crippen LogP contribution in [-0.4, -0.2) is 149 Å². The number of nitrogens with one attached hydrogen (secondary N) is 1. The Morgan fingerprint density at radius 1 is 0.939 bits per heavy atom. The standard InChI is InChI=1S/C50H67N3O13/c1-29-34(63-45(59)41(64-36(55)20-15-21-53-24-22-52(8)23-25-53)39(30-16-11-9-12-17-30)51-46(60)66-47(2,3)4)27-50(61)43(65-44(58)31-18-13-10-14-19-31)38-32-28-62-33(32)26-35(54)49(38,7)42(57)40(56)37(29)48(50,5)6/h9-14,16-19,32-35,38-41,43,54,56,61H,15,20-28H2,1-8H3,(H,51,60)/t32?,33?,34-,35-,38?,39-,40+,41?,43-,49?,50?/m0/s1. The third-order valence-corrected chi connectivity index (χ3v) is 14.9. The lowest BCUT2D eigenvalue weighted by atomic mass is 9.46. The number of carbonyl (C=O) groups is 5. The predicted octanol–water partition coefficient (Wildman–Crippen LogP) is 4.15. The van der Waals surface area contributed by atoms with Gasteiger partial charge in [-0.1, -0.05) is 62.4 Å². The molecule has 66 heavy (non-hydrogen) atoms. The number of ether oxygens (including phenoxy) is 5. The molecule has 360 valence electrons. The Hall–Kier alpha value is -4.71. The zero-order valence-electron chi connectivity index (χ0n) is 39.4. The van der Waals surface area contributed by atoms with E-state index >= 15 is 4.79 Å². The van der Waals surface area contributed by atoms with Crippen LogP contribution in [0.4, 0.5) is 4.79 Å². The van der Waals surface area contributed by atoms with Crippen LogP contribution in [0.15, 0.2) is 71.8 Å². The fourth-order valence-corrected chi connectivity index (χ4v) is 10.9. The van der Waals surface area contributed by atoms with Gasteiger partial charge in [-0.25, -0.2) is 14.4 Å². The van der Waals surface area contributed by atoms with Crippen molar-refractivity contribution in [3.8, 4) is 0 Å². The van der Waals surface area contributed by atoms with E-state index < -0.39 is 113 Å². The van der Waals surface area contributed by atoms with E-state index in [-0.39, 0.29) is 36.2 Å². The Morgan fingerprint density at radius 3 is 2.18 bits per heavy atom. The molecule has 3 aliphatic carbocycles. The van der Waals surface area contributed by atoms with Gasteiger partial charge in [0.15, 0.2) is 5.78 Å². The summed E-state index contributed by atoms with van der Waals surface area (Å²) in [6.07, 6.45) is -9.29. The van der Waals surface area contributed by atoms with Gasteiger partial charge >= 0.3 is 24.0 Å². The topological polar surface area (TPSA) is 211 Å². The van der Waals surface area contributed by atoms with Crippen molar-refractivity contribution in [3.63, 3.8) is 0 Å². The second-order valence-electron chi connectivity index (χ2n) is 20.5. The van der Waals surface area contributed by atoms with Crippen molar-refractivity contribution >= 4 is 29.8 Å². The highest BCUT2D eigenvalue weighted by Crippen LogP contribution is 2.62. The number of esters is 3. The molecule has 2 saturated heterocycles. The maximum absolute atomic E-state index is 15.0. The molecule has 16 heteroatoms. The quantitative estimate of drug-likeness (QED) is 0.134. The molecular weight excluding hydrogens is 851 g/mol. The van der Waals surface area contributed by atoms with E-state index in [2.05, 4.69) is 22.2 Å². The van der Waals surface area contributed by atoms with Crippen LogP contribution in [0, 0.1) is 22.7 Å². The molecule has 11 atom stereocenters. The average Bonchev–Trinajstić information content (AvgIpc) is 3.25. The molecule has 0 aromatic heterocycles. The molecule has 0 radical (unpaired) electrons. The van der Waals surface area contributed by atoms with Crippen LogP contribution in [0.5, 0.6) is 0 Å². The van der Waals surface area contributed by atoms with Crippen LogP contribution in [0.2, 0.25) is 0 Å². The summed E-state index contributed by atoms with van der Waals surface area (Å²) in [7, 11) is 2.06. The van der Waals surface area contributed by atoms with E-state index in [0.29, 0.717) is 18.5 Å². The van der Waals surface area contributed by atoms with Crippen LogP contribution in [0.25, 0.3) is 0 Å². The largest absolute Gasteiger partial charge is 0.455 e. The number of hydrogen-bond acceptors (Lipinski definition) is 15. The normalized spacial score (nSPS) is 31.9. The summed E-state index contributed by atoms with van der Waals surface area (Å²) in [5.41, 5.74) is -5.51. The molecule has 6 unspecified atom stereocenters. The Balaban J connectivity index is 1.28. The molecule has 2 aromatic rings. The highest BCUT2D eigenvalue weighted by Gasteiger charge is 2.72. The van der Waals surface area contributed by atoms with Crippen molar-refractivity contribution in [1.29, 1.82) is 0 Å². The van der Waals surface area contributed by atoms with Gasteiger partial charge in [-0.05, 0) is 83.5 Å². The SMILES string of the molecule is CC1=C2[C@@H](O)C(=O)C3(C)C(C4COC4C[C@@H]3O)[C@H](OC(=O)c3ccccc3)C(O)(C[C@@H]1OC(=O)C(OC(=O)CCCN1CCN(C)CC1)[C@@H](NC(=O)OC(C)(C)C)c1ccccc1)C2(C)C. The highest BCUT2D eigenvalue weighted by atomic mass is 16.6. The predicted molar refractivity (Wildman–Crippen MR) is 240 cm³/mol. The van der Waals surface area contributed by atoms with Crippen molar-refractivity contribution < 1.29 is 63.0 Å². The summed E-state index contributed by atoms with van der Waals surface area (Å²) in [6, 6.07) is 15.3. The van der Waals surface area contributed by atoms with Gasteiger partial charge in [-0.15, -0.1) is 0 Å². The summed E-state index contributed by atoms with van der Waals surface area (Å²) in [5, 5.41) is 40.4. The first-order valence-electron chi connectivity index (χ1n) is 23.1. The van der Waals surface area contributed by atoms with E-state index in [1.165, 1.54) is 0 Å². The van der Waals surface area contributed by atoms with Crippen molar-refractivity contribution in [2.45, 2.75) is 128 Å². The van der Waals surface area contributed by atoms with Crippen molar-refractivity contribution in [2.75, 3.05) is 46.4 Å². The number of rotatable bonds is 12. The van der Waals surface area contributed by atoms with E-state index in [1.807, 2.05) is 0 Å². The van der Waals surface area contributed by atoms with E-state index in [0.717, 1.165) is 26.2 Å². The summed E-state index contributed by atoms with van der Waals surface area (Å²) < 4.78 is 30.3. The minimum atomic E-state index is -2.18. The number of piperazine rings is 1. The number of Topliss-reactive ketones (excluding diaryl/α,β-unsaturated/α-hetero) is 1. The molecule has 4 N–H and O–H groups in total. The Kier molecular flexibility index (Phi) is 14.3. The van der Waals surface area contributed by atoms with Gasteiger partial charge in [0.1, 0.15) is 35.6 Å². The maximum Gasteiger partial charge on any atom is 0.408 e. The number of carbonyl (C=O) groups excluding carboxylic acids is 5. The molecule has 2 bridgehead atoms. The number of nitrogens with zero attached hydrogens (tertiary/aromatic N) is 2. The van der Waals surface area contributed by atoms with Crippen LogP contribution < -0.4 is 5.32 Å². The molecule has 2 aliphatic heterocycles. The lowest BCUT2D eigenvalue weighted by Gasteiger charge is -2.64. The molecule has 2 heterocycles. The van der Waals surface area contributed by atoms with Crippen LogP contribution in [0.3, 0.4) is 0 Å². The molecule has 1 amide bonds. The Labute approximate surface area is 386 Å². The fourth-order valence-electron chi connectivity index (χ4n) is 10.9. The van der Waals surface area contributed by atoms with Crippen molar-refractivity contribution in [1.82, 2.24) is 15.1 Å². The van der Waals surface area contributed by atoms with Gasteiger partial charge in [0, 0.05) is 62.7 Å². The number of aliphatic hydroxyl groups is 3. The minimum absolute atomic E-state index is 0.0302. The molecule has 7 rings (SSSR count). The van der Waals surface area contributed by atoms with Crippen LogP contribution in [0.1, 0.15) is 96.1 Å². The van der Waals surface area contributed by atoms with Gasteiger partial charge in [0.2, 0.25) is 6.10 Å². The van der Waals surface area contributed by atoms with Crippen LogP contribution in [-0.2, 0) is 38.1 Å². The number of alkyl carbamates (subject to hydrolysis) is 1. The molecule has 2 saturated carbocycles. The first-order chi connectivity index (χ1) is 31.1. The number of fused-ring (bicyclic) bond motifs is 5. The van der Waals surface area contributed by atoms with E-state index in [9.17, 15) is 34.5 Å². The first kappa shape index (κ1) is 49.2. The van der Waals surface area contributed by atoms with Crippen LogP contribution >= 0.6 is 0 Å². The van der Waals surface area contributed by atoms with Gasteiger partial charge in [0.25, 0.3) is 0 Å². The first-order valence-corrected chi connectivity index (χ1v) is 23.1. The number of ketones is 1. The minimum Gasteiger partial charge on any atom is -0.455 e. The fraction of sp³-hybridized carbons (Fsp3) is 0.620. The molecule has 4 fully saturated rings. The third-order valence-electron chi connectivity index (χ3n) is 14.9. The van der Waals surface area contributed by atoms with Gasteiger partial charge in [0.05, 0.1) is 29.8 Å². The average molecular weight is 918 g/mol. The number of hydrogen-bond donors (Lipinski definition) is 4. The van der Waals surface area contributed by atoms with Gasteiger partial charge < -0.3 is 54.1 Å². The third kappa shape index (κ3) is 9.54. The number of aliphatic hydroxyl groups excluding tert-OH is 2. The summed E-state index contributed by atoms with van der Waals surface area (Å²) in [4.78, 5) is 75.9. The monoisotopic (exact) mass is 917 g/mol. The lowest BCUT2D eigenvalue weighted by Crippen LogP contribution is -2.75. The second-order valence-corrected chi connectivity index (χ2v) is 20.5. The summed E-state index contributed by atoms with van der Waals surface area (Å²) in [6.45, 7) is 15.7. The molecule has 2 aromatic carbocycles. The molecular formula is C50H67N3O13. The van der Waals surface area contributed by atoms with Gasteiger partial charge in [-0.3, -0.25) is 9.59 Å². The van der Waals surface area contributed by atoms with Gasteiger partial charge in [-0.2, -0.15) is 0 Å². The Bertz CT molecular complexity index is 2150. The zero-order valence-corrected chi connectivity index (χ0v) is 39.4. The Morgan fingerprint density at radius 2 is 1.58 bits per heavy atom. The number of benzene rings is 2. The summed E-state index contributed by atoms with van der Waals surface area (Å²) >= 11 is 0. The highest BCUT2D eigenvalue weighted by molar-refractivity contribution is 5.94. The van der Waals surface area contributed by atoms with E-state index in [4.69, 9.17) is 23.7 Å². The van der Waals surface area contributed by atoms with Crippen molar-refractivity contribution in [2.24, 2.45) is 22.7 Å². The van der Waals surface area contributed by atoms with Crippen molar-refractivity contribution in [3.05, 3.63) is 82.9 Å². The number of amides is 1. The smallest absolute Gasteiger partial charge is 0.408 e. The lowest BCUT2D eigenvalue weighted by molar-refractivity contribution is -0.277. The zero-order chi connectivity index (χ0) is 47.9.